The van der Waals surface area contributed by atoms with Gasteiger partial charge in [0.25, 0.3) is 0 Å². The van der Waals surface area contributed by atoms with E-state index in [0.717, 1.165) is 24.9 Å². The Morgan fingerprint density at radius 3 is 2.67 bits per heavy atom. The van der Waals surface area contributed by atoms with Crippen LogP contribution >= 0.6 is 0 Å². The summed E-state index contributed by atoms with van der Waals surface area (Å²) >= 11 is 0. The predicted molar refractivity (Wildman–Crippen MR) is 70.7 cm³/mol. The highest BCUT2D eigenvalue weighted by Crippen LogP contribution is 2.35. The highest BCUT2D eigenvalue weighted by Gasteiger charge is 2.30. The summed E-state index contributed by atoms with van der Waals surface area (Å²) in [7, 11) is 0. The molecule has 0 bridgehead atoms. The summed E-state index contributed by atoms with van der Waals surface area (Å²) in [5.41, 5.74) is 1.00. The van der Waals surface area contributed by atoms with Gasteiger partial charge in [-0.25, -0.2) is 4.39 Å². The van der Waals surface area contributed by atoms with E-state index in [1.54, 1.807) is 12.1 Å². The lowest BCUT2D eigenvalue weighted by Crippen LogP contribution is -2.38. The zero-order chi connectivity index (χ0) is 12.8. The number of hydrogen-bond donors (Lipinski definition) is 2. The van der Waals surface area contributed by atoms with Crippen LogP contribution in [0.25, 0.3) is 0 Å². The molecule has 0 radical (unpaired) electrons. The molecule has 0 atom stereocenters. The van der Waals surface area contributed by atoms with Crippen molar-refractivity contribution in [1.29, 1.82) is 0 Å². The Morgan fingerprint density at radius 2 is 2.00 bits per heavy atom. The number of halogens is 1. The first-order valence-electron chi connectivity index (χ1n) is 6.80. The molecule has 1 aliphatic carbocycles. The van der Waals surface area contributed by atoms with Crippen LogP contribution in [0.1, 0.15) is 37.7 Å². The summed E-state index contributed by atoms with van der Waals surface area (Å²) in [5, 5.41) is 12.9. The van der Waals surface area contributed by atoms with Crippen molar-refractivity contribution >= 4 is 0 Å². The Balaban J connectivity index is 1.83. The van der Waals surface area contributed by atoms with Gasteiger partial charge in [0.15, 0.2) is 0 Å². The minimum atomic E-state index is -0.191. The second-order valence-corrected chi connectivity index (χ2v) is 5.45. The Morgan fingerprint density at radius 1 is 1.22 bits per heavy atom. The van der Waals surface area contributed by atoms with Crippen LogP contribution in [0.2, 0.25) is 0 Å². The fraction of sp³-hybridized carbons (Fsp3) is 0.600. The van der Waals surface area contributed by atoms with Gasteiger partial charge in [-0.3, -0.25) is 0 Å². The van der Waals surface area contributed by atoms with Crippen molar-refractivity contribution in [3.63, 3.8) is 0 Å². The van der Waals surface area contributed by atoms with Crippen LogP contribution in [0.4, 0.5) is 4.39 Å². The highest BCUT2D eigenvalue weighted by molar-refractivity contribution is 5.16. The van der Waals surface area contributed by atoms with E-state index in [2.05, 4.69) is 5.32 Å². The monoisotopic (exact) mass is 251 g/mol. The molecular weight excluding hydrogens is 229 g/mol. The maximum Gasteiger partial charge on any atom is 0.123 e. The van der Waals surface area contributed by atoms with Gasteiger partial charge in [0.1, 0.15) is 5.82 Å². The van der Waals surface area contributed by atoms with E-state index in [-0.39, 0.29) is 17.8 Å². The van der Waals surface area contributed by atoms with E-state index >= 15 is 0 Å². The molecule has 1 aromatic carbocycles. The van der Waals surface area contributed by atoms with E-state index in [1.807, 2.05) is 6.07 Å². The maximum absolute atomic E-state index is 13.0. The molecule has 0 heterocycles. The van der Waals surface area contributed by atoms with Crippen LogP contribution in [0.15, 0.2) is 24.3 Å². The summed E-state index contributed by atoms with van der Waals surface area (Å²) in [6.45, 7) is 1.74. The molecule has 1 aromatic rings. The fourth-order valence-electron chi connectivity index (χ4n) is 2.81. The molecular formula is C15H22FNO. The molecule has 2 N–H and O–H groups in total. The molecule has 18 heavy (non-hydrogen) atoms. The van der Waals surface area contributed by atoms with Crippen molar-refractivity contribution in [2.75, 3.05) is 13.2 Å². The summed E-state index contributed by atoms with van der Waals surface area (Å²) in [5.74, 6) is -0.191. The van der Waals surface area contributed by atoms with Crippen molar-refractivity contribution in [1.82, 2.24) is 5.32 Å². The molecule has 1 saturated carbocycles. The number of hydrogen-bond acceptors (Lipinski definition) is 2. The molecule has 0 saturated heterocycles. The topological polar surface area (TPSA) is 32.3 Å². The molecule has 0 unspecified atom stereocenters. The van der Waals surface area contributed by atoms with Gasteiger partial charge in [0.2, 0.25) is 0 Å². The van der Waals surface area contributed by atoms with Gasteiger partial charge < -0.3 is 10.4 Å². The minimum absolute atomic E-state index is 0.0472. The number of benzene rings is 1. The lowest BCUT2D eigenvalue weighted by atomic mass is 9.74. The van der Waals surface area contributed by atoms with Crippen LogP contribution in [0.3, 0.4) is 0 Å². The Kier molecular flexibility index (Phi) is 4.72. The van der Waals surface area contributed by atoms with Crippen molar-refractivity contribution in [2.24, 2.45) is 5.41 Å². The molecule has 0 aromatic heterocycles. The van der Waals surface area contributed by atoms with Crippen LogP contribution in [-0.4, -0.2) is 18.3 Å². The molecule has 2 rings (SSSR count). The van der Waals surface area contributed by atoms with Gasteiger partial charge in [-0.2, -0.15) is 0 Å². The van der Waals surface area contributed by atoms with Crippen molar-refractivity contribution in [3.8, 4) is 0 Å². The lowest BCUT2D eigenvalue weighted by molar-refractivity contribution is 0.0810. The van der Waals surface area contributed by atoms with E-state index in [4.69, 9.17) is 0 Å². The number of nitrogens with one attached hydrogen (secondary N) is 1. The number of rotatable bonds is 5. The second kappa shape index (κ2) is 6.30. The largest absolute Gasteiger partial charge is 0.396 e. The van der Waals surface area contributed by atoms with Gasteiger partial charge in [-0.15, -0.1) is 0 Å². The van der Waals surface area contributed by atoms with E-state index < -0.39 is 0 Å². The third kappa shape index (κ3) is 3.53. The summed E-state index contributed by atoms with van der Waals surface area (Å²) in [4.78, 5) is 0. The third-order valence-electron chi connectivity index (χ3n) is 3.97. The SMILES string of the molecule is OCC1(CNCc2cccc(F)c2)CCCCC1. The van der Waals surface area contributed by atoms with E-state index in [0.29, 0.717) is 6.54 Å². The normalized spacial score (nSPS) is 18.8. The zero-order valence-corrected chi connectivity index (χ0v) is 10.8. The molecule has 1 aliphatic rings. The summed E-state index contributed by atoms with van der Waals surface area (Å²) in [6.07, 6.45) is 5.90. The summed E-state index contributed by atoms with van der Waals surface area (Å²) in [6, 6.07) is 6.66. The van der Waals surface area contributed by atoms with Crippen molar-refractivity contribution in [3.05, 3.63) is 35.6 Å². The lowest BCUT2D eigenvalue weighted by Gasteiger charge is -2.35. The smallest absolute Gasteiger partial charge is 0.123 e. The molecule has 0 spiro atoms. The molecule has 2 nitrogen and oxygen atoms in total. The van der Waals surface area contributed by atoms with Crippen molar-refractivity contribution in [2.45, 2.75) is 38.6 Å². The first-order chi connectivity index (χ1) is 8.74. The van der Waals surface area contributed by atoms with Gasteiger partial charge in [0.05, 0.1) is 0 Å². The Bertz CT molecular complexity index is 375. The van der Waals surface area contributed by atoms with Gasteiger partial charge in [-0.05, 0) is 30.5 Å². The molecule has 100 valence electrons. The first-order valence-corrected chi connectivity index (χ1v) is 6.80. The quantitative estimate of drug-likeness (QED) is 0.843. The molecule has 0 amide bonds. The molecule has 0 aliphatic heterocycles. The van der Waals surface area contributed by atoms with Gasteiger partial charge >= 0.3 is 0 Å². The van der Waals surface area contributed by atoms with Gasteiger partial charge in [0, 0.05) is 25.1 Å². The average Bonchev–Trinajstić information content (AvgIpc) is 2.40. The number of aliphatic hydroxyl groups excluding tert-OH is 1. The predicted octanol–water partition coefficient (Wildman–Crippen LogP) is 2.86. The van der Waals surface area contributed by atoms with Crippen molar-refractivity contribution < 1.29 is 9.50 Å². The first kappa shape index (κ1) is 13.5. The minimum Gasteiger partial charge on any atom is -0.396 e. The van der Waals surface area contributed by atoms with Gasteiger partial charge in [-0.1, -0.05) is 31.4 Å². The third-order valence-corrected chi connectivity index (χ3v) is 3.97. The van der Waals surface area contributed by atoms with Crippen LogP contribution in [0.5, 0.6) is 0 Å². The van der Waals surface area contributed by atoms with Crippen LogP contribution in [-0.2, 0) is 6.54 Å². The number of aliphatic hydroxyl groups is 1. The van der Waals surface area contributed by atoms with Crippen LogP contribution < -0.4 is 5.32 Å². The standard InChI is InChI=1S/C15H22FNO/c16-14-6-4-5-13(9-14)10-17-11-15(12-18)7-2-1-3-8-15/h4-6,9,17-18H,1-3,7-8,10-12H2. The maximum atomic E-state index is 13.0. The fourth-order valence-corrected chi connectivity index (χ4v) is 2.81. The molecule has 3 heteroatoms. The Labute approximate surface area is 108 Å². The summed E-state index contributed by atoms with van der Waals surface area (Å²) < 4.78 is 13.0. The second-order valence-electron chi connectivity index (χ2n) is 5.45. The average molecular weight is 251 g/mol. The molecule has 1 fully saturated rings. The van der Waals surface area contributed by atoms with Crippen LogP contribution in [0, 0.1) is 11.2 Å². The zero-order valence-electron chi connectivity index (χ0n) is 10.8. The highest BCUT2D eigenvalue weighted by atomic mass is 19.1. The Hall–Kier alpha value is -0.930. The van der Waals surface area contributed by atoms with E-state index in [1.165, 1.54) is 25.3 Å². The van der Waals surface area contributed by atoms with E-state index in [9.17, 15) is 9.50 Å².